The molecule has 0 bridgehead atoms. The third-order valence-corrected chi connectivity index (χ3v) is 6.06. The molecule has 0 radical (unpaired) electrons. The topological polar surface area (TPSA) is 148 Å². The summed E-state index contributed by atoms with van der Waals surface area (Å²) in [4.78, 5) is 12.7. The van der Waals surface area contributed by atoms with Crippen LogP contribution in [0.5, 0.6) is 11.5 Å². The molecule has 4 rings (SSSR count). The smallest absolute Gasteiger partial charge is 0.196 e. The van der Waals surface area contributed by atoms with Gasteiger partial charge >= 0.3 is 0 Å². The molecule has 6 atom stereocenters. The number of aliphatic hydroxyl groups is 4. The number of methoxy groups -OCH3 is 1. The average Bonchev–Trinajstić information content (AvgIpc) is 2.73. The van der Waals surface area contributed by atoms with E-state index in [4.69, 9.17) is 23.4 Å². The minimum absolute atomic E-state index is 0.240. The minimum Gasteiger partial charge on any atom is -0.496 e. The van der Waals surface area contributed by atoms with Crippen molar-refractivity contribution in [1.82, 2.24) is 0 Å². The van der Waals surface area contributed by atoms with Crippen LogP contribution in [0, 0.1) is 6.92 Å². The first-order chi connectivity index (χ1) is 15.1. The lowest BCUT2D eigenvalue weighted by Gasteiger charge is -2.45. The van der Waals surface area contributed by atoms with Crippen LogP contribution in [-0.4, -0.2) is 76.6 Å². The zero-order valence-corrected chi connectivity index (χ0v) is 18.3. The molecule has 0 aliphatic carbocycles. The molecule has 1 aromatic heterocycles. The van der Waals surface area contributed by atoms with E-state index < -0.39 is 49.0 Å². The fourth-order valence-electron chi connectivity index (χ4n) is 4.23. The van der Waals surface area contributed by atoms with Crippen LogP contribution in [0.3, 0.4) is 0 Å². The molecule has 176 valence electrons. The highest BCUT2D eigenvalue weighted by atomic mass is 16.7. The maximum Gasteiger partial charge on any atom is 0.196 e. The van der Waals surface area contributed by atoms with Gasteiger partial charge in [0.15, 0.2) is 11.7 Å². The van der Waals surface area contributed by atoms with Gasteiger partial charge in [-0.1, -0.05) is 0 Å². The van der Waals surface area contributed by atoms with Gasteiger partial charge in [0.1, 0.15) is 64.3 Å². The predicted molar refractivity (Wildman–Crippen MR) is 111 cm³/mol. The lowest BCUT2D eigenvalue weighted by atomic mass is 9.89. The standard InChI is InChI=1S/C22H28O10/c1-9-5-11(24)16-13(29-9)7-12(28-4)10-6-15(22(2,3)32-20(10)16)31-21-19(27)18(26)17(25)14(8-23)30-21/h5,7,14-15,17-19,21,23,25-27H,6,8H2,1-4H3/t14-,15+,17-,18+,19-,21+/m1/s1. The fourth-order valence-corrected chi connectivity index (χ4v) is 4.23. The van der Waals surface area contributed by atoms with Crippen LogP contribution in [0.15, 0.2) is 21.3 Å². The van der Waals surface area contributed by atoms with E-state index in [1.54, 1.807) is 26.8 Å². The van der Waals surface area contributed by atoms with Gasteiger partial charge in [-0.15, -0.1) is 0 Å². The Morgan fingerprint density at radius 2 is 1.88 bits per heavy atom. The van der Waals surface area contributed by atoms with Crippen LogP contribution in [-0.2, 0) is 15.9 Å². The third-order valence-electron chi connectivity index (χ3n) is 6.06. The van der Waals surface area contributed by atoms with Crippen molar-refractivity contribution in [3.05, 3.63) is 33.7 Å². The summed E-state index contributed by atoms with van der Waals surface area (Å²) in [5.74, 6) is 1.24. The molecule has 1 aromatic carbocycles. The van der Waals surface area contributed by atoms with Crippen molar-refractivity contribution in [2.75, 3.05) is 13.7 Å². The SMILES string of the molecule is COc1cc2oc(C)cc(=O)c2c2c1C[C@H](O[C@@H]1O[C@H](CO)[C@@H](O)[C@H](O)[C@H]1O)C(C)(C)O2. The van der Waals surface area contributed by atoms with Gasteiger partial charge in [-0.25, -0.2) is 0 Å². The number of hydrogen-bond acceptors (Lipinski definition) is 10. The van der Waals surface area contributed by atoms with Gasteiger partial charge in [-0.2, -0.15) is 0 Å². The highest BCUT2D eigenvalue weighted by Gasteiger charge is 2.48. The van der Waals surface area contributed by atoms with Crippen LogP contribution in [0.1, 0.15) is 25.2 Å². The first-order valence-electron chi connectivity index (χ1n) is 10.4. The first kappa shape index (κ1) is 23.0. The Balaban J connectivity index is 1.72. The first-order valence-corrected chi connectivity index (χ1v) is 10.4. The Kier molecular flexibility index (Phi) is 5.95. The summed E-state index contributed by atoms with van der Waals surface area (Å²) >= 11 is 0. The number of hydrogen-bond donors (Lipinski definition) is 4. The van der Waals surface area contributed by atoms with E-state index in [1.807, 2.05) is 0 Å². The van der Waals surface area contributed by atoms with Gasteiger partial charge in [0.2, 0.25) is 0 Å². The lowest BCUT2D eigenvalue weighted by molar-refractivity contribution is -0.321. The Bertz CT molecular complexity index is 1060. The molecule has 0 unspecified atom stereocenters. The molecule has 2 aromatic rings. The molecular formula is C22H28O10. The van der Waals surface area contributed by atoms with Gasteiger partial charge in [0.05, 0.1) is 13.7 Å². The summed E-state index contributed by atoms with van der Waals surface area (Å²) < 4.78 is 28.9. The van der Waals surface area contributed by atoms with E-state index in [2.05, 4.69) is 0 Å². The van der Waals surface area contributed by atoms with E-state index in [1.165, 1.54) is 13.2 Å². The van der Waals surface area contributed by atoms with Crippen molar-refractivity contribution in [3.63, 3.8) is 0 Å². The number of rotatable bonds is 4. The number of aliphatic hydroxyl groups excluding tert-OH is 4. The second-order valence-corrected chi connectivity index (χ2v) is 8.71. The molecular weight excluding hydrogens is 424 g/mol. The van der Waals surface area contributed by atoms with E-state index >= 15 is 0 Å². The fraction of sp³-hybridized carbons (Fsp3) is 0.591. The van der Waals surface area contributed by atoms with E-state index in [-0.39, 0.29) is 11.8 Å². The van der Waals surface area contributed by atoms with Crippen LogP contribution >= 0.6 is 0 Å². The van der Waals surface area contributed by atoms with Crippen molar-refractivity contribution >= 4 is 11.0 Å². The number of aryl methyl sites for hydroxylation is 1. The molecule has 4 N–H and O–H groups in total. The maximum absolute atomic E-state index is 12.7. The number of benzene rings is 1. The zero-order valence-electron chi connectivity index (χ0n) is 18.3. The number of ether oxygens (including phenoxy) is 4. The molecule has 3 heterocycles. The quantitative estimate of drug-likeness (QED) is 0.500. The molecule has 32 heavy (non-hydrogen) atoms. The highest BCUT2D eigenvalue weighted by molar-refractivity contribution is 5.87. The summed E-state index contributed by atoms with van der Waals surface area (Å²) in [6, 6.07) is 3.01. The van der Waals surface area contributed by atoms with Crippen molar-refractivity contribution in [2.24, 2.45) is 0 Å². The average molecular weight is 452 g/mol. The molecule has 0 saturated carbocycles. The summed E-state index contributed by atoms with van der Waals surface area (Å²) in [7, 11) is 1.49. The molecule has 10 heteroatoms. The van der Waals surface area contributed by atoms with Gasteiger partial charge in [-0.05, 0) is 20.8 Å². The Hall–Kier alpha value is -2.21. The predicted octanol–water partition coefficient (Wildman–Crippen LogP) is 0.00862. The Labute approximate surface area is 183 Å². The highest BCUT2D eigenvalue weighted by Crippen LogP contribution is 2.44. The summed E-state index contributed by atoms with van der Waals surface area (Å²) in [6.07, 6.45) is -7.45. The Morgan fingerprint density at radius 3 is 2.53 bits per heavy atom. The summed E-state index contributed by atoms with van der Waals surface area (Å²) in [6.45, 7) is 4.63. The van der Waals surface area contributed by atoms with E-state index in [9.17, 15) is 25.2 Å². The van der Waals surface area contributed by atoms with Crippen molar-refractivity contribution in [3.8, 4) is 11.5 Å². The van der Waals surface area contributed by atoms with Gasteiger partial charge in [0.25, 0.3) is 0 Å². The minimum atomic E-state index is -1.56. The molecule has 0 spiro atoms. The Morgan fingerprint density at radius 1 is 1.16 bits per heavy atom. The van der Waals surface area contributed by atoms with Crippen molar-refractivity contribution in [1.29, 1.82) is 0 Å². The van der Waals surface area contributed by atoms with E-state index in [0.29, 0.717) is 33.8 Å². The second-order valence-electron chi connectivity index (χ2n) is 8.71. The van der Waals surface area contributed by atoms with Crippen molar-refractivity contribution in [2.45, 2.75) is 69.6 Å². The molecule has 10 nitrogen and oxygen atoms in total. The molecule has 0 amide bonds. The molecule has 1 fully saturated rings. The van der Waals surface area contributed by atoms with Crippen molar-refractivity contribution < 1.29 is 43.8 Å². The summed E-state index contributed by atoms with van der Waals surface area (Å²) in [5, 5.41) is 40.2. The lowest BCUT2D eigenvalue weighted by Crippen LogP contribution is -2.61. The molecule has 2 aliphatic rings. The van der Waals surface area contributed by atoms with Gasteiger partial charge in [-0.3, -0.25) is 4.79 Å². The maximum atomic E-state index is 12.7. The zero-order chi connectivity index (χ0) is 23.4. The van der Waals surface area contributed by atoms with E-state index in [0.717, 1.165) is 0 Å². The van der Waals surface area contributed by atoms with Crippen LogP contribution in [0.4, 0.5) is 0 Å². The monoisotopic (exact) mass is 452 g/mol. The largest absolute Gasteiger partial charge is 0.496 e. The normalized spacial score (nSPS) is 31.8. The number of fused-ring (bicyclic) bond motifs is 3. The van der Waals surface area contributed by atoms with Gasteiger partial charge in [0, 0.05) is 24.1 Å². The second kappa shape index (κ2) is 8.29. The van der Waals surface area contributed by atoms with Crippen LogP contribution < -0.4 is 14.9 Å². The third kappa shape index (κ3) is 3.76. The van der Waals surface area contributed by atoms with Gasteiger partial charge < -0.3 is 43.8 Å². The molecule has 1 saturated heterocycles. The molecule has 2 aliphatic heterocycles. The summed E-state index contributed by atoms with van der Waals surface area (Å²) in [5.41, 5.74) is -0.297. The van der Waals surface area contributed by atoms with Crippen LogP contribution in [0.25, 0.3) is 11.0 Å². The van der Waals surface area contributed by atoms with Crippen LogP contribution in [0.2, 0.25) is 0 Å².